The summed E-state index contributed by atoms with van der Waals surface area (Å²) in [5.74, 6) is 4.11. The molecular formula is C55H46O7P2. The van der Waals surface area contributed by atoms with Crippen LogP contribution in [0, 0.1) is 11.8 Å². The lowest BCUT2D eigenvalue weighted by atomic mass is 9.61. The summed E-state index contributed by atoms with van der Waals surface area (Å²) in [5.41, 5.74) is 8.47. The van der Waals surface area contributed by atoms with Gasteiger partial charge < -0.3 is 22.8 Å². The van der Waals surface area contributed by atoms with Crippen LogP contribution >= 0.6 is 17.2 Å². The van der Waals surface area contributed by atoms with Crippen molar-refractivity contribution in [2.45, 2.75) is 63.3 Å². The molecule has 8 aliphatic rings. The third-order valence-electron chi connectivity index (χ3n) is 13.9. The van der Waals surface area contributed by atoms with E-state index in [9.17, 15) is 0 Å². The molecule has 2 bridgehead atoms. The molecule has 6 aliphatic carbocycles. The fourth-order valence-electron chi connectivity index (χ4n) is 11.0. The minimum Gasteiger partial charge on any atom is -0.418 e. The smallest absolute Gasteiger partial charge is 0.418 e. The van der Waals surface area contributed by atoms with Crippen molar-refractivity contribution in [3.63, 3.8) is 0 Å². The fraction of sp³-hybridized carbons (Fsp3) is 0.236. The van der Waals surface area contributed by atoms with Crippen molar-refractivity contribution in [3.05, 3.63) is 187 Å². The Bertz CT molecular complexity index is 3220. The summed E-state index contributed by atoms with van der Waals surface area (Å²) in [6.07, 6.45) is 15.0. The van der Waals surface area contributed by atoms with Gasteiger partial charge in [0.1, 0.15) is 29.1 Å². The molecule has 14 rings (SSSR count). The zero-order chi connectivity index (χ0) is 42.1. The van der Waals surface area contributed by atoms with Gasteiger partial charge in [0.05, 0.1) is 19.3 Å². The molecule has 5 unspecified atom stereocenters. The van der Waals surface area contributed by atoms with Crippen molar-refractivity contribution in [1.29, 1.82) is 0 Å². The van der Waals surface area contributed by atoms with Crippen LogP contribution < -0.4 is 49.4 Å². The van der Waals surface area contributed by atoms with E-state index in [0.29, 0.717) is 30.8 Å². The van der Waals surface area contributed by atoms with E-state index < -0.39 is 23.3 Å². The molecule has 1 saturated carbocycles. The normalized spacial score (nSPS) is 25.1. The van der Waals surface area contributed by atoms with Crippen LogP contribution in [0.5, 0.6) is 23.0 Å². The molecule has 0 spiro atoms. The lowest BCUT2D eigenvalue weighted by Crippen LogP contribution is -2.44. The standard InChI is InChI=1S/C55H46O7P2/c1-3-16-41(17-4-1)57-63-59-48-25-23-35-13-7-10-20-43(35)50(48)52-45-22-12-9-15-37(45)30-39(54(52)61-63)32-56-33-40-31-46-38-27-34(28-38)29-47(46)53-51-44-21-11-8-14-36(44)24-26-49(51)60-64(62-55(40)53)58-42-18-5-2-6-19-42/h1-6,8-9,11-25,30-31,34,38-39,49,54H,7,10,26-29,32-33H2. The maximum absolute atomic E-state index is 7.12. The number of fused-ring (bicyclic) bond motifs is 10. The van der Waals surface area contributed by atoms with E-state index in [0.717, 1.165) is 70.1 Å². The molecule has 0 N–H and O–H groups in total. The Morgan fingerprint density at radius 2 is 1.33 bits per heavy atom. The monoisotopic (exact) mass is 880 g/mol. The van der Waals surface area contributed by atoms with Gasteiger partial charge in [-0.05, 0) is 129 Å². The van der Waals surface area contributed by atoms with Gasteiger partial charge in [-0.25, -0.2) is 0 Å². The van der Waals surface area contributed by atoms with Crippen LogP contribution in [0.25, 0.3) is 35.5 Å². The molecule has 2 aliphatic heterocycles. The van der Waals surface area contributed by atoms with Gasteiger partial charge in [-0.1, -0.05) is 115 Å². The highest BCUT2D eigenvalue weighted by Gasteiger charge is 2.44. The predicted molar refractivity (Wildman–Crippen MR) is 252 cm³/mol. The first kappa shape index (κ1) is 38.9. The molecular weight excluding hydrogens is 835 g/mol. The van der Waals surface area contributed by atoms with Crippen LogP contribution in [0.15, 0.2) is 127 Å². The van der Waals surface area contributed by atoms with Gasteiger partial charge in [0.25, 0.3) is 0 Å². The molecule has 0 saturated heterocycles. The summed E-state index contributed by atoms with van der Waals surface area (Å²) in [6, 6.07) is 43.7. The molecule has 1 fully saturated rings. The quantitative estimate of drug-likeness (QED) is 0.142. The van der Waals surface area contributed by atoms with Crippen LogP contribution in [0.3, 0.4) is 0 Å². The molecule has 6 aromatic rings. The number of benzene rings is 6. The van der Waals surface area contributed by atoms with Crippen LogP contribution in [-0.4, -0.2) is 18.8 Å². The van der Waals surface area contributed by atoms with E-state index in [2.05, 4.69) is 91.0 Å². The van der Waals surface area contributed by atoms with Crippen LogP contribution in [0.2, 0.25) is 0 Å². The molecule has 0 amide bonds. The number of rotatable bonds is 8. The van der Waals surface area contributed by atoms with Gasteiger partial charge in [0.15, 0.2) is 0 Å². The first-order valence-electron chi connectivity index (χ1n) is 22.7. The highest BCUT2D eigenvalue weighted by molar-refractivity contribution is 7.43. The summed E-state index contributed by atoms with van der Waals surface area (Å²) in [5, 5.41) is 7.16. The van der Waals surface area contributed by atoms with Crippen molar-refractivity contribution in [3.8, 4) is 23.0 Å². The summed E-state index contributed by atoms with van der Waals surface area (Å²) in [4.78, 5) is 0. The summed E-state index contributed by atoms with van der Waals surface area (Å²) in [7, 11) is -3.64. The number of hydrogen-bond donors (Lipinski definition) is 0. The lowest BCUT2D eigenvalue weighted by molar-refractivity contribution is 0.0702. The van der Waals surface area contributed by atoms with E-state index >= 15 is 0 Å². The highest BCUT2D eigenvalue weighted by Crippen LogP contribution is 2.58. The van der Waals surface area contributed by atoms with Gasteiger partial charge >= 0.3 is 17.2 Å². The zero-order valence-electron chi connectivity index (χ0n) is 35.2. The van der Waals surface area contributed by atoms with Gasteiger partial charge in [-0.3, -0.25) is 9.05 Å². The minimum absolute atomic E-state index is 0.154. The molecule has 9 heteroatoms. The van der Waals surface area contributed by atoms with Crippen molar-refractivity contribution in [1.82, 2.24) is 0 Å². The van der Waals surface area contributed by atoms with E-state index in [1.807, 2.05) is 60.7 Å². The van der Waals surface area contributed by atoms with E-state index in [-0.39, 0.29) is 12.0 Å². The molecule has 0 aromatic heterocycles. The SMILES string of the molecule is C1=c2ccccc2=C2c3c4c(cc(COCC5C=c6ccccc6=C6c7c(ccc8c7=CCCC=8)OP(Oc7ccccc7)OC65)c3OP(Oc3ccccc3)OC2C1)C1CC(C4)C1. The first-order chi connectivity index (χ1) is 31.7. The van der Waals surface area contributed by atoms with Crippen molar-refractivity contribution in [2.75, 3.05) is 6.61 Å². The third-order valence-corrected chi connectivity index (χ3v) is 16.2. The zero-order valence-corrected chi connectivity index (χ0v) is 37.0. The van der Waals surface area contributed by atoms with Crippen LogP contribution in [0.1, 0.15) is 65.8 Å². The Morgan fingerprint density at radius 1 is 0.625 bits per heavy atom. The number of hydrogen-bond acceptors (Lipinski definition) is 7. The highest BCUT2D eigenvalue weighted by atomic mass is 31.2. The Hall–Kier alpha value is -5.52. The topological polar surface area (TPSA) is 64.6 Å². The average Bonchev–Trinajstić information content (AvgIpc) is 3.60. The lowest BCUT2D eigenvalue weighted by Gasteiger charge is -2.44. The predicted octanol–water partition coefficient (Wildman–Crippen LogP) is 8.47. The summed E-state index contributed by atoms with van der Waals surface area (Å²) in [6.45, 7) is 0.748. The van der Waals surface area contributed by atoms with Gasteiger partial charge in [-0.15, -0.1) is 0 Å². The molecule has 64 heavy (non-hydrogen) atoms. The second-order valence-electron chi connectivity index (χ2n) is 17.8. The second-order valence-corrected chi connectivity index (χ2v) is 19.9. The van der Waals surface area contributed by atoms with Crippen LogP contribution in [-0.2, 0) is 26.8 Å². The van der Waals surface area contributed by atoms with Gasteiger partial charge in [0.2, 0.25) is 0 Å². The largest absolute Gasteiger partial charge is 0.463 e. The maximum Gasteiger partial charge on any atom is 0.463 e. The summed E-state index contributed by atoms with van der Waals surface area (Å²) < 4.78 is 48.1. The Morgan fingerprint density at radius 3 is 2.12 bits per heavy atom. The Labute approximate surface area is 374 Å². The van der Waals surface area contributed by atoms with Crippen LogP contribution in [0.4, 0.5) is 0 Å². The molecule has 6 aromatic carbocycles. The Kier molecular flexibility index (Phi) is 9.83. The van der Waals surface area contributed by atoms with Gasteiger partial charge in [0, 0.05) is 33.8 Å². The minimum atomic E-state index is -1.84. The number of ether oxygens (including phenoxy) is 1. The van der Waals surface area contributed by atoms with Crippen molar-refractivity contribution in [2.24, 2.45) is 11.8 Å². The molecule has 0 radical (unpaired) electrons. The Balaban J connectivity index is 0.915. The fourth-order valence-corrected chi connectivity index (χ4v) is 13.4. The molecule has 7 nitrogen and oxygen atoms in total. The average molecular weight is 881 g/mol. The molecule has 2 heterocycles. The third kappa shape index (κ3) is 6.84. The number of para-hydroxylation sites is 2. The first-order valence-corrected chi connectivity index (χ1v) is 24.8. The van der Waals surface area contributed by atoms with E-state index in [4.69, 9.17) is 31.9 Å². The second kappa shape index (κ2) is 16.2. The summed E-state index contributed by atoms with van der Waals surface area (Å²) >= 11 is 0. The van der Waals surface area contributed by atoms with Crippen molar-refractivity contribution >= 4 is 52.7 Å². The molecule has 5 atom stereocenters. The van der Waals surface area contributed by atoms with Gasteiger partial charge in [-0.2, -0.15) is 0 Å². The van der Waals surface area contributed by atoms with E-state index in [1.165, 1.54) is 56.0 Å². The van der Waals surface area contributed by atoms with Crippen molar-refractivity contribution < 1.29 is 31.9 Å². The molecule has 318 valence electrons. The van der Waals surface area contributed by atoms with E-state index in [1.54, 1.807) is 0 Å². The maximum atomic E-state index is 7.12.